The topological polar surface area (TPSA) is 93.7 Å². The second kappa shape index (κ2) is 8.18. The Kier molecular flexibility index (Phi) is 5.29. The summed E-state index contributed by atoms with van der Waals surface area (Å²) >= 11 is 0. The summed E-state index contributed by atoms with van der Waals surface area (Å²) < 4.78 is 10.6. The van der Waals surface area contributed by atoms with E-state index < -0.39 is 18.5 Å². The normalized spacial score (nSPS) is 14.7. The standard InChI is InChI=1S/C22H20N2O5/c25-20(23-18-6-3-5-15(11-18)21(26)24-17-8-9-17)13-29-22(27)16-10-14-4-1-2-7-19(14)28-12-16/h1-7,10-11,17H,8-9,12-13H2,(H,23,25)(H,24,26). The zero-order valence-electron chi connectivity index (χ0n) is 15.6. The lowest BCUT2D eigenvalue weighted by molar-refractivity contribution is -0.143. The van der Waals surface area contributed by atoms with Crippen molar-refractivity contribution in [3.05, 3.63) is 65.2 Å². The van der Waals surface area contributed by atoms with Crippen LogP contribution in [0, 0.1) is 0 Å². The highest BCUT2D eigenvalue weighted by Crippen LogP contribution is 2.26. The van der Waals surface area contributed by atoms with Crippen LogP contribution in [0.5, 0.6) is 5.75 Å². The van der Waals surface area contributed by atoms with Gasteiger partial charge in [-0.3, -0.25) is 9.59 Å². The van der Waals surface area contributed by atoms with Crippen molar-refractivity contribution in [1.29, 1.82) is 0 Å². The van der Waals surface area contributed by atoms with E-state index >= 15 is 0 Å². The van der Waals surface area contributed by atoms with Crippen LogP contribution in [0.3, 0.4) is 0 Å². The molecule has 0 unspecified atom stereocenters. The van der Waals surface area contributed by atoms with E-state index in [1.54, 1.807) is 30.3 Å². The van der Waals surface area contributed by atoms with Gasteiger partial charge in [0.1, 0.15) is 12.4 Å². The molecule has 0 aromatic heterocycles. The first kappa shape index (κ1) is 18.7. The molecule has 2 aromatic carbocycles. The molecule has 0 saturated heterocycles. The molecule has 2 N–H and O–H groups in total. The van der Waals surface area contributed by atoms with Gasteiger partial charge in [-0.15, -0.1) is 0 Å². The van der Waals surface area contributed by atoms with Crippen LogP contribution < -0.4 is 15.4 Å². The number of fused-ring (bicyclic) bond motifs is 1. The molecule has 1 aliphatic carbocycles. The Morgan fingerprint density at radius 2 is 1.90 bits per heavy atom. The number of carbonyl (C=O) groups excluding carboxylic acids is 3. The summed E-state index contributed by atoms with van der Waals surface area (Å²) in [6.45, 7) is -0.341. The summed E-state index contributed by atoms with van der Waals surface area (Å²) in [5, 5.41) is 5.53. The fraction of sp³-hybridized carbons (Fsp3) is 0.227. The predicted molar refractivity (Wildman–Crippen MR) is 106 cm³/mol. The minimum absolute atomic E-state index is 0.0929. The summed E-state index contributed by atoms with van der Waals surface area (Å²) in [5.41, 5.74) is 2.06. The Morgan fingerprint density at radius 1 is 1.07 bits per heavy atom. The molecule has 1 heterocycles. The molecule has 0 atom stereocenters. The predicted octanol–water partition coefficient (Wildman–Crippen LogP) is 2.54. The average molecular weight is 392 g/mol. The average Bonchev–Trinajstić information content (AvgIpc) is 3.56. The largest absolute Gasteiger partial charge is 0.488 e. The molecule has 2 aromatic rings. The first-order valence-electron chi connectivity index (χ1n) is 9.39. The summed E-state index contributed by atoms with van der Waals surface area (Å²) in [4.78, 5) is 36.4. The lowest BCUT2D eigenvalue weighted by atomic mass is 10.1. The van der Waals surface area contributed by atoms with Gasteiger partial charge < -0.3 is 20.1 Å². The monoisotopic (exact) mass is 392 g/mol. The first-order valence-corrected chi connectivity index (χ1v) is 9.39. The van der Waals surface area contributed by atoms with Crippen molar-refractivity contribution in [2.75, 3.05) is 18.5 Å². The molecule has 1 fully saturated rings. The highest BCUT2D eigenvalue weighted by molar-refractivity contribution is 5.99. The molecular weight excluding hydrogens is 372 g/mol. The second-order valence-electron chi connectivity index (χ2n) is 6.95. The molecule has 148 valence electrons. The van der Waals surface area contributed by atoms with Crippen LogP contribution in [-0.2, 0) is 14.3 Å². The van der Waals surface area contributed by atoms with Gasteiger partial charge in [0.2, 0.25) is 0 Å². The Morgan fingerprint density at radius 3 is 2.72 bits per heavy atom. The van der Waals surface area contributed by atoms with Gasteiger partial charge in [0.05, 0.1) is 5.57 Å². The molecule has 0 bridgehead atoms. The molecule has 2 amide bonds. The van der Waals surface area contributed by atoms with Crippen molar-refractivity contribution in [2.45, 2.75) is 18.9 Å². The highest BCUT2D eigenvalue weighted by atomic mass is 16.5. The van der Waals surface area contributed by atoms with Gasteiger partial charge in [0.25, 0.3) is 11.8 Å². The van der Waals surface area contributed by atoms with Gasteiger partial charge in [-0.2, -0.15) is 0 Å². The molecule has 2 aliphatic rings. The van der Waals surface area contributed by atoms with E-state index in [2.05, 4.69) is 10.6 Å². The SMILES string of the molecule is O=C(COC(=O)C1=Cc2ccccc2OC1)Nc1cccc(C(=O)NC2CC2)c1. The van der Waals surface area contributed by atoms with Gasteiger partial charge in [0, 0.05) is 22.9 Å². The fourth-order valence-corrected chi connectivity index (χ4v) is 2.89. The highest BCUT2D eigenvalue weighted by Gasteiger charge is 2.24. The molecule has 4 rings (SSSR count). The van der Waals surface area contributed by atoms with Crippen molar-refractivity contribution in [1.82, 2.24) is 5.32 Å². The summed E-state index contributed by atoms with van der Waals surface area (Å²) in [6, 6.07) is 14.2. The zero-order chi connectivity index (χ0) is 20.2. The molecule has 1 aliphatic heterocycles. The van der Waals surface area contributed by atoms with Crippen molar-refractivity contribution in [2.24, 2.45) is 0 Å². The molecule has 29 heavy (non-hydrogen) atoms. The van der Waals surface area contributed by atoms with Crippen LogP contribution in [0.2, 0.25) is 0 Å². The van der Waals surface area contributed by atoms with Gasteiger partial charge in [-0.05, 0) is 43.2 Å². The number of rotatable bonds is 6. The van der Waals surface area contributed by atoms with E-state index in [9.17, 15) is 14.4 Å². The molecule has 7 nitrogen and oxygen atoms in total. The summed E-state index contributed by atoms with van der Waals surface area (Å²) in [7, 11) is 0. The van der Waals surface area contributed by atoms with Crippen LogP contribution >= 0.6 is 0 Å². The third kappa shape index (κ3) is 4.82. The lowest BCUT2D eigenvalue weighted by Gasteiger charge is -2.16. The number of nitrogens with one attached hydrogen (secondary N) is 2. The van der Waals surface area contributed by atoms with E-state index in [1.807, 2.05) is 24.3 Å². The number of amides is 2. The van der Waals surface area contributed by atoms with Crippen molar-refractivity contribution >= 4 is 29.5 Å². The Balaban J connectivity index is 1.30. The van der Waals surface area contributed by atoms with E-state index in [-0.39, 0.29) is 18.6 Å². The minimum atomic E-state index is -0.604. The smallest absolute Gasteiger partial charge is 0.338 e. The third-order valence-electron chi connectivity index (χ3n) is 4.55. The number of benzene rings is 2. The van der Waals surface area contributed by atoms with Gasteiger partial charge in [-0.1, -0.05) is 24.3 Å². The Hall–Kier alpha value is -3.61. The van der Waals surface area contributed by atoms with Gasteiger partial charge in [0.15, 0.2) is 6.61 Å². The maximum absolute atomic E-state index is 12.2. The molecule has 1 saturated carbocycles. The maximum atomic E-state index is 12.2. The quantitative estimate of drug-likeness (QED) is 0.737. The zero-order valence-corrected chi connectivity index (χ0v) is 15.6. The number of hydrogen-bond acceptors (Lipinski definition) is 5. The summed E-state index contributed by atoms with van der Waals surface area (Å²) in [5.74, 6) is -0.560. The fourth-order valence-electron chi connectivity index (χ4n) is 2.89. The number of para-hydroxylation sites is 1. The van der Waals surface area contributed by atoms with Crippen LogP contribution in [0.25, 0.3) is 6.08 Å². The van der Waals surface area contributed by atoms with E-state index in [1.165, 1.54) is 0 Å². The van der Waals surface area contributed by atoms with Crippen molar-refractivity contribution in [3.63, 3.8) is 0 Å². The second-order valence-corrected chi connectivity index (χ2v) is 6.95. The third-order valence-corrected chi connectivity index (χ3v) is 4.55. The van der Waals surface area contributed by atoms with Crippen molar-refractivity contribution in [3.8, 4) is 5.75 Å². The molecule has 0 spiro atoms. The van der Waals surface area contributed by atoms with Gasteiger partial charge in [-0.25, -0.2) is 4.79 Å². The van der Waals surface area contributed by atoms with E-state index in [0.717, 1.165) is 18.4 Å². The minimum Gasteiger partial charge on any atom is -0.488 e. The number of anilines is 1. The Labute approximate surface area is 167 Å². The Bertz CT molecular complexity index is 994. The van der Waals surface area contributed by atoms with Gasteiger partial charge >= 0.3 is 5.97 Å². The van der Waals surface area contributed by atoms with Crippen LogP contribution in [0.4, 0.5) is 5.69 Å². The lowest BCUT2D eigenvalue weighted by Crippen LogP contribution is -2.26. The first-order chi connectivity index (χ1) is 14.1. The number of hydrogen-bond donors (Lipinski definition) is 2. The van der Waals surface area contributed by atoms with E-state index in [4.69, 9.17) is 9.47 Å². The molecule has 0 radical (unpaired) electrons. The number of ether oxygens (including phenoxy) is 2. The molecule has 7 heteroatoms. The number of esters is 1. The molecular formula is C22H20N2O5. The summed E-state index contributed by atoms with van der Waals surface area (Å²) in [6.07, 6.45) is 3.70. The van der Waals surface area contributed by atoms with Crippen LogP contribution in [0.1, 0.15) is 28.8 Å². The maximum Gasteiger partial charge on any atom is 0.338 e. The van der Waals surface area contributed by atoms with Crippen molar-refractivity contribution < 1.29 is 23.9 Å². The number of carbonyl (C=O) groups is 3. The van der Waals surface area contributed by atoms with E-state index in [0.29, 0.717) is 22.6 Å². The van der Waals surface area contributed by atoms with Crippen LogP contribution in [0.15, 0.2) is 54.1 Å². The van der Waals surface area contributed by atoms with Crippen LogP contribution in [-0.4, -0.2) is 37.0 Å².